The number of carbonyl (C=O) groups excluding carboxylic acids is 1. The summed E-state index contributed by atoms with van der Waals surface area (Å²) in [6.45, 7) is 0.684. The number of phenols is 1. The first-order chi connectivity index (χ1) is 15.6. The van der Waals surface area contributed by atoms with Gasteiger partial charge in [0.25, 0.3) is 0 Å². The lowest BCUT2D eigenvalue weighted by atomic mass is 9.97. The van der Waals surface area contributed by atoms with Crippen molar-refractivity contribution in [3.8, 4) is 39.6 Å². The summed E-state index contributed by atoms with van der Waals surface area (Å²) in [6.07, 6.45) is 0.779. The van der Waals surface area contributed by atoms with E-state index >= 15 is 0 Å². The molecule has 0 saturated carbocycles. The lowest BCUT2D eigenvalue weighted by Crippen LogP contribution is -2.17. The van der Waals surface area contributed by atoms with Crippen LogP contribution in [-0.4, -0.2) is 29.7 Å². The fourth-order valence-electron chi connectivity index (χ4n) is 4.44. The van der Waals surface area contributed by atoms with Gasteiger partial charge in [-0.1, -0.05) is 30.3 Å². The van der Waals surface area contributed by atoms with Gasteiger partial charge < -0.3 is 19.1 Å². The molecule has 1 aromatic heterocycles. The third-order valence-corrected chi connectivity index (χ3v) is 6.02. The quantitative estimate of drug-likeness (QED) is 0.439. The molecule has 2 heterocycles. The Morgan fingerprint density at radius 2 is 1.56 bits per heavy atom. The van der Waals surface area contributed by atoms with E-state index in [0.717, 1.165) is 34.4 Å². The predicted octanol–water partition coefficient (Wildman–Crippen LogP) is 5.33. The monoisotopic (exact) mass is 425 g/mol. The van der Waals surface area contributed by atoms with Crippen molar-refractivity contribution in [1.29, 1.82) is 0 Å². The van der Waals surface area contributed by atoms with Gasteiger partial charge in [-0.2, -0.15) is 0 Å². The van der Waals surface area contributed by atoms with Gasteiger partial charge in [-0.25, -0.2) is 0 Å². The van der Waals surface area contributed by atoms with E-state index < -0.39 is 0 Å². The molecule has 160 valence electrons. The minimum Gasteiger partial charge on any atom is -0.508 e. The minimum atomic E-state index is -0.0703. The number of phenolic OH excluding ortho intramolecular Hbond substituents is 1. The van der Waals surface area contributed by atoms with Crippen molar-refractivity contribution >= 4 is 5.78 Å². The van der Waals surface area contributed by atoms with Crippen LogP contribution in [0.25, 0.3) is 22.4 Å². The Morgan fingerprint density at radius 3 is 2.25 bits per heavy atom. The summed E-state index contributed by atoms with van der Waals surface area (Å²) in [4.78, 5) is 13.7. The number of hydrogen-bond donors (Lipinski definition) is 1. The van der Waals surface area contributed by atoms with E-state index in [4.69, 9.17) is 9.47 Å². The molecule has 0 amide bonds. The van der Waals surface area contributed by atoms with Crippen LogP contribution in [0, 0.1) is 0 Å². The molecular formula is C27H23NO4. The summed E-state index contributed by atoms with van der Waals surface area (Å²) in [7, 11) is 3.26. The zero-order chi connectivity index (χ0) is 22.2. The van der Waals surface area contributed by atoms with Crippen molar-refractivity contribution in [2.75, 3.05) is 14.2 Å². The number of rotatable bonds is 5. The number of aromatic nitrogens is 1. The summed E-state index contributed by atoms with van der Waals surface area (Å²) in [6, 6.07) is 22.5. The second-order valence-corrected chi connectivity index (χ2v) is 7.80. The van der Waals surface area contributed by atoms with Crippen LogP contribution in [0.1, 0.15) is 21.6 Å². The molecule has 0 fully saturated rings. The largest absolute Gasteiger partial charge is 0.508 e. The standard InChI is InChI=1S/C27H23NO4/c1-31-24-14-19-12-13-28-23(21(19)16-25(24)32-2)15-22(17-6-4-3-5-7-17)26(28)27(30)18-8-10-20(29)11-9-18/h3-11,14-16,29H,12-13H2,1-2H3. The zero-order valence-electron chi connectivity index (χ0n) is 18.0. The molecule has 0 atom stereocenters. The van der Waals surface area contributed by atoms with Crippen molar-refractivity contribution in [2.45, 2.75) is 13.0 Å². The summed E-state index contributed by atoms with van der Waals surface area (Å²) in [5.41, 5.74) is 6.25. The van der Waals surface area contributed by atoms with Crippen molar-refractivity contribution in [3.05, 3.63) is 89.6 Å². The molecule has 1 N–H and O–H groups in total. The smallest absolute Gasteiger partial charge is 0.210 e. The molecule has 0 radical (unpaired) electrons. The first-order valence-electron chi connectivity index (χ1n) is 10.5. The SMILES string of the molecule is COc1cc2c(cc1OC)-c1cc(-c3ccccc3)c(C(=O)c3ccc(O)cc3)n1CC2. The fourth-order valence-corrected chi connectivity index (χ4v) is 4.44. The van der Waals surface area contributed by atoms with E-state index in [-0.39, 0.29) is 11.5 Å². The number of ether oxygens (including phenoxy) is 2. The Kier molecular flexibility index (Phi) is 4.94. The number of hydrogen-bond acceptors (Lipinski definition) is 4. The van der Waals surface area contributed by atoms with E-state index in [1.54, 1.807) is 38.5 Å². The first kappa shape index (κ1) is 19.9. The van der Waals surface area contributed by atoms with Crippen LogP contribution >= 0.6 is 0 Å². The number of benzene rings is 3. The lowest BCUT2D eigenvalue weighted by molar-refractivity contribution is 0.103. The minimum absolute atomic E-state index is 0.0703. The Balaban J connectivity index is 1.74. The van der Waals surface area contributed by atoms with Crippen molar-refractivity contribution < 1.29 is 19.4 Å². The third kappa shape index (κ3) is 3.23. The van der Waals surface area contributed by atoms with Crippen LogP contribution in [0.2, 0.25) is 0 Å². The molecule has 0 bridgehead atoms. The first-order valence-corrected chi connectivity index (χ1v) is 10.5. The fraction of sp³-hybridized carbons (Fsp3) is 0.148. The number of carbonyl (C=O) groups is 1. The maximum Gasteiger partial charge on any atom is 0.210 e. The van der Waals surface area contributed by atoms with E-state index in [0.29, 0.717) is 29.3 Å². The van der Waals surface area contributed by atoms with Crippen molar-refractivity contribution in [3.63, 3.8) is 0 Å². The average molecular weight is 425 g/mol. The highest BCUT2D eigenvalue weighted by atomic mass is 16.5. The summed E-state index contributed by atoms with van der Waals surface area (Å²) < 4.78 is 13.1. The van der Waals surface area contributed by atoms with Crippen LogP contribution in [0.5, 0.6) is 17.2 Å². The molecule has 0 unspecified atom stereocenters. The van der Waals surface area contributed by atoms with E-state index in [2.05, 4.69) is 10.6 Å². The highest BCUT2D eigenvalue weighted by Crippen LogP contribution is 2.42. The Hall–Kier alpha value is -3.99. The second kappa shape index (κ2) is 7.93. The highest BCUT2D eigenvalue weighted by Gasteiger charge is 2.28. The Labute approximate surface area is 186 Å². The molecule has 32 heavy (non-hydrogen) atoms. The maximum atomic E-state index is 13.7. The van der Waals surface area contributed by atoms with Crippen LogP contribution in [0.15, 0.2) is 72.8 Å². The molecular weight excluding hydrogens is 402 g/mol. The topological polar surface area (TPSA) is 60.7 Å². The van der Waals surface area contributed by atoms with Crippen LogP contribution < -0.4 is 9.47 Å². The molecule has 5 rings (SSSR count). The number of aryl methyl sites for hydroxylation is 1. The Morgan fingerprint density at radius 1 is 0.875 bits per heavy atom. The number of nitrogens with zero attached hydrogens (tertiary/aromatic N) is 1. The molecule has 3 aromatic carbocycles. The van der Waals surface area contributed by atoms with Crippen LogP contribution in [0.3, 0.4) is 0 Å². The lowest BCUT2D eigenvalue weighted by Gasteiger charge is -2.23. The van der Waals surface area contributed by atoms with Gasteiger partial charge >= 0.3 is 0 Å². The molecule has 4 aromatic rings. The normalized spacial score (nSPS) is 12.1. The van der Waals surface area contributed by atoms with Gasteiger partial charge in [0.15, 0.2) is 11.5 Å². The molecule has 0 aliphatic carbocycles. The van der Waals surface area contributed by atoms with Gasteiger partial charge in [0.1, 0.15) is 5.75 Å². The van der Waals surface area contributed by atoms with Gasteiger partial charge in [-0.3, -0.25) is 4.79 Å². The molecule has 1 aliphatic rings. The van der Waals surface area contributed by atoms with Gasteiger partial charge in [-0.05, 0) is 60.0 Å². The maximum absolute atomic E-state index is 13.7. The number of fused-ring (bicyclic) bond motifs is 3. The van der Waals surface area contributed by atoms with Gasteiger partial charge in [0.2, 0.25) is 5.78 Å². The Bertz CT molecular complexity index is 1300. The van der Waals surface area contributed by atoms with E-state index in [1.807, 2.05) is 42.5 Å². The summed E-state index contributed by atoms with van der Waals surface area (Å²) in [5.74, 6) is 1.43. The van der Waals surface area contributed by atoms with Crippen molar-refractivity contribution in [1.82, 2.24) is 4.57 Å². The number of ketones is 1. The van der Waals surface area contributed by atoms with E-state index in [1.165, 1.54) is 0 Å². The average Bonchev–Trinajstić information content (AvgIpc) is 3.23. The molecule has 0 saturated heterocycles. The highest BCUT2D eigenvalue weighted by molar-refractivity contribution is 6.13. The van der Waals surface area contributed by atoms with Crippen LogP contribution in [-0.2, 0) is 13.0 Å². The second-order valence-electron chi connectivity index (χ2n) is 7.80. The van der Waals surface area contributed by atoms with Gasteiger partial charge in [-0.15, -0.1) is 0 Å². The number of methoxy groups -OCH3 is 2. The molecule has 0 spiro atoms. The van der Waals surface area contributed by atoms with Gasteiger partial charge in [0, 0.05) is 28.9 Å². The molecule has 5 heteroatoms. The molecule has 1 aliphatic heterocycles. The van der Waals surface area contributed by atoms with Crippen LogP contribution in [0.4, 0.5) is 0 Å². The summed E-state index contributed by atoms with van der Waals surface area (Å²) in [5, 5.41) is 9.66. The molecule has 5 nitrogen and oxygen atoms in total. The predicted molar refractivity (Wildman–Crippen MR) is 124 cm³/mol. The zero-order valence-corrected chi connectivity index (χ0v) is 18.0. The van der Waals surface area contributed by atoms with E-state index in [9.17, 15) is 9.90 Å². The van der Waals surface area contributed by atoms with Gasteiger partial charge in [0.05, 0.1) is 19.9 Å². The third-order valence-electron chi connectivity index (χ3n) is 6.02. The summed E-state index contributed by atoms with van der Waals surface area (Å²) >= 11 is 0. The number of aromatic hydroxyl groups is 1. The van der Waals surface area contributed by atoms with Crippen molar-refractivity contribution in [2.24, 2.45) is 0 Å².